The quantitative estimate of drug-likeness (QED) is 0.892. The number of β-amino-alcohol motifs (C(OH)–C–C–N with tert-alkyl or cyclic N) is 1. The first kappa shape index (κ1) is 17.7. The average Bonchev–Trinajstić information content (AvgIpc) is 3.44. The van der Waals surface area contributed by atoms with Crippen LogP contribution in [0.1, 0.15) is 29.9 Å². The predicted octanol–water partition coefficient (Wildman–Crippen LogP) is 3.08. The summed E-state index contributed by atoms with van der Waals surface area (Å²) < 4.78 is 5.74. The smallest absolute Gasteiger partial charge is 0.409 e. The number of fused-ring (bicyclic) bond motifs is 3. The van der Waals surface area contributed by atoms with Gasteiger partial charge < -0.3 is 14.7 Å². The molecule has 1 N–H and O–H groups in total. The van der Waals surface area contributed by atoms with E-state index in [2.05, 4.69) is 29.2 Å². The van der Waals surface area contributed by atoms with E-state index in [0.29, 0.717) is 19.7 Å². The zero-order valence-electron chi connectivity index (χ0n) is 16.0. The van der Waals surface area contributed by atoms with E-state index in [0.717, 1.165) is 13.1 Å². The van der Waals surface area contributed by atoms with Gasteiger partial charge in [0, 0.05) is 12.5 Å². The van der Waals surface area contributed by atoms with Gasteiger partial charge in [0.05, 0.1) is 18.7 Å². The van der Waals surface area contributed by atoms with Crippen LogP contribution >= 0.6 is 0 Å². The number of ether oxygens (including phenoxy) is 1. The third-order valence-corrected chi connectivity index (χ3v) is 6.46. The van der Waals surface area contributed by atoms with Crippen molar-refractivity contribution in [2.45, 2.75) is 30.9 Å². The molecule has 5 heteroatoms. The van der Waals surface area contributed by atoms with E-state index in [1.807, 2.05) is 24.3 Å². The summed E-state index contributed by atoms with van der Waals surface area (Å²) in [5, 5.41) is 10.4. The normalized spacial score (nSPS) is 24.4. The molecule has 2 atom stereocenters. The number of likely N-dealkylation sites (tertiary alicyclic amines) is 2. The molecule has 5 nitrogen and oxygen atoms in total. The van der Waals surface area contributed by atoms with E-state index >= 15 is 0 Å². The van der Waals surface area contributed by atoms with Gasteiger partial charge in [0.15, 0.2) is 0 Å². The number of nitrogens with zero attached hydrogens (tertiary/aromatic N) is 2. The highest BCUT2D eigenvalue weighted by Gasteiger charge is 2.39. The fourth-order valence-corrected chi connectivity index (χ4v) is 5.04. The van der Waals surface area contributed by atoms with E-state index in [4.69, 9.17) is 4.74 Å². The van der Waals surface area contributed by atoms with Crippen LogP contribution in [0.4, 0.5) is 4.79 Å². The minimum atomic E-state index is -0.487. The fourth-order valence-electron chi connectivity index (χ4n) is 5.04. The molecular weight excluding hydrogens is 352 g/mol. The van der Waals surface area contributed by atoms with E-state index < -0.39 is 6.10 Å². The summed E-state index contributed by atoms with van der Waals surface area (Å²) in [5.74, 6) is 0.0678. The Morgan fingerprint density at radius 2 is 1.57 bits per heavy atom. The summed E-state index contributed by atoms with van der Waals surface area (Å²) >= 11 is 0. The van der Waals surface area contributed by atoms with Crippen LogP contribution < -0.4 is 0 Å². The van der Waals surface area contributed by atoms with Gasteiger partial charge in [-0.2, -0.15) is 0 Å². The molecule has 0 bridgehead atoms. The van der Waals surface area contributed by atoms with Crippen molar-refractivity contribution < 1.29 is 14.6 Å². The third kappa shape index (κ3) is 2.99. The number of carbonyl (C=O) groups excluding carboxylic acids is 1. The molecule has 28 heavy (non-hydrogen) atoms. The molecule has 0 unspecified atom stereocenters. The molecule has 2 aromatic carbocycles. The summed E-state index contributed by atoms with van der Waals surface area (Å²) in [6, 6.07) is 16.7. The summed E-state index contributed by atoms with van der Waals surface area (Å²) in [7, 11) is 0. The molecule has 146 valence electrons. The van der Waals surface area contributed by atoms with Crippen molar-refractivity contribution in [3.63, 3.8) is 0 Å². The maximum atomic E-state index is 12.7. The van der Waals surface area contributed by atoms with Gasteiger partial charge in [-0.1, -0.05) is 48.5 Å². The molecule has 2 fully saturated rings. The average molecular weight is 378 g/mol. The lowest BCUT2D eigenvalue weighted by Crippen LogP contribution is -2.41. The highest BCUT2D eigenvalue weighted by molar-refractivity contribution is 5.79. The molecule has 1 aliphatic carbocycles. The van der Waals surface area contributed by atoms with Gasteiger partial charge in [-0.25, -0.2) is 4.79 Å². The minimum absolute atomic E-state index is 0.0444. The lowest BCUT2D eigenvalue weighted by molar-refractivity contribution is 0.0938. The van der Waals surface area contributed by atoms with Gasteiger partial charge in [0.1, 0.15) is 6.61 Å². The molecular formula is C23H26N2O3. The van der Waals surface area contributed by atoms with E-state index in [9.17, 15) is 9.90 Å². The first-order valence-corrected chi connectivity index (χ1v) is 10.2. The number of hydrogen-bond donors (Lipinski definition) is 1. The molecule has 0 saturated carbocycles. The van der Waals surface area contributed by atoms with Crippen molar-refractivity contribution >= 4 is 6.09 Å². The van der Waals surface area contributed by atoms with Crippen LogP contribution in [0.15, 0.2) is 48.5 Å². The molecule has 3 aliphatic rings. The molecule has 2 aromatic rings. The minimum Gasteiger partial charge on any atom is -0.448 e. The summed E-state index contributed by atoms with van der Waals surface area (Å²) in [6.07, 6.45) is 1.55. The van der Waals surface area contributed by atoms with Gasteiger partial charge >= 0.3 is 6.09 Å². The number of amides is 1. The maximum Gasteiger partial charge on any atom is 0.409 e. The number of rotatable bonds is 3. The largest absolute Gasteiger partial charge is 0.448 e. The highest BCUT2D eigenvalue weighted by atomic mass is 16.6. The number of hydrogen-bond acceptors (Lipinski definition) is 4. The molecule has 1 amide bonds. The van der Waals surface area contributed by atoms with Crippen molar-refractivity contribution in [2.75, 3.05) is 32.8 Å². The van der Waals surface area contributed by atoms with Gasteiger partial charge in [-0.05, 0) is 48.2 Å². The van der Waals surface area contributed by atoms with Crippen molar-refractivity contribution in [2.24, 2.45) is 0 Å². The van der Waals surface area contributed by atoms with Gasteiger partial charge in [0.25, 0.3) is 0 Å². The maximum absolute atomic E-state index is 12.7. The Balaban J connectivity index is 1.27. The second-order valence-electron chi connectivity index (χ2n) is 8.09. The van der Waals surface area contributed by atoms with Crippen LogP contribution in [0.3, 0.4) is 0 Å². The van der Waals surface area contributed by atoms with E-state index in [1.165, 1.54) is 35.1 Å². The number of carbonyl (C=O) groups is 1. The molecule has 2 saturated heterocycles. The third-order valence-electron chi connectivity index (χ3n) is 6.46. The van der Waals surface area contributed by atoms with Crippen molar-refractivity contribution in [1.29, 1.82) is 0 Å². The Kier molecular flexibility index (Phi) is 4.57. The summed E-state index contributed by atoms with van der Waals surface area (Å²) in [5.41, 5.74) is 4.88. The molecule has 2 aliphatic heterocycles. The second-order valence-corrected chi connectivity index (χ2v) is 8.09. The van der Waals surface area contributed by atoms with Crippen LogP contribution in [-0.2, 0) is 4.74 Å². The standard InChI is InChI=1S/C23H26N2O3/c26-22-14-25(13-21(22)24-11-5-6-12-24)23(27)28-15-20-18-9-3-1-7-16(18)17-8-2-4-10-19(17)20/h1-4,7-10,20-22,26H,5-6,11-15H2/t21-,22-/m0/s1. The molecule has 0 radical (unpaired) electrons. The zero-order chi connectivity index (χ0) is 19.1. The molecule has 2 heterocycles. The van der Waals surface area contributed by atoms with Crippen LogP contribution in [0.25, 0.3) is 11.1 Å². The SMILES string of the molecule is O=C(OCC1c2ccccc2-c2ccccc21)N1C[C@H](O)[C@@H](N2CCCC2)C1. The summed E-state index contributed by atoms with van der Waals surface area (Å²) in [4.78, 5) is 16.7. The Morgan fingerprint density at radius 3 is 2.21 bits per heavy atom. The van der Waals surface area contributed by atoms with E-state index in [-0.39, 0.29) is 18.1 Å². The number of benzene rings is 2. The lowest BCUT2D eigenvalue weighted by atomic mass is 9.98. The van der Waals surface area contributed by atoms with Crippen molar-refractivity contribution in [1.82, 2.24) is 9.80 Å². The first-order valence-electron chi connectivity index (χ1n) is 10.2. The fraction of sp³-hybridized carbons (Fsp3) is 0.435. The predicted molar refractivity (Wildman–Crippen MR) is 107 cm³/mol. The van der Waals surface area contributed by atoms with Crippen LogP contribution in [0, 0.1) is 0 Å². The second kappa shape index (κ2) is 7.22. The Bertz CT molecular complexity index is 832. The van der Waals surface area contributed by atoms with Gasteiger partial charge in [-0.3, -0.25) is 4.90 Å². The van der Waals surface area contributed by atoms with Crippen molar-refractivity contribution in [3.05, 3.63) is 59.7 Å². The number of aliphatic hydroxyl groups is 1. The molecule has 5 rings (SSSR count). The van der Waals surface area contributed by atoms with Gasteiger partial charge in [0.2, 0.25) is 0 Å². The van der Waals surface area contributed by atoms with Crippen LogP contribution in [-0.4, -0.2) is 65.9 Å². The Labute approximate surface area is 165 Å². The molecule has 0 aromatic heterocycles. The van der Waals surface area contributed by atoms with Gasteiger partial charge in [-0.15, -0.1) is 0 Å². The van der Waals surface area contributed by atoms with Crippen LogP contribution in [0.5, 0.6) is 0 Å². The zero-order valence-corrected chi connectivity index (χ0v) is 16.0. The summed E-state index contributed by atoms with van der Waals surface area (Å²) in [6.45, 7) is 3.27. The van der Waals surface area contributed by atoms with E-state index in [1.54, 1.807) is 4.90 Å². The first-order chi connectivity index (χ1) is 13.7. The lowest BCUT2D eigenvalue weighted by Gasteiger charge is -2.25. The monoisotopic (exact) mass is 378 g/mol. The topological polar surface area (TPSA) is 53.0 Å². The Morgan fingerprint density at radius 1 is 0.964 bits per heavy atom. The van der Waals surface area contributed by atoms with Crippen LogP contribution in [0.2, 0.25) is 0 Å². The highest BCUT2D eigenvalue weighted by Crippen LogP contribution is 2.44. The number of aliphatic hydroxyl groups excluding tert-OH is 1. The van der Waals surface area contributed by atoms with Crippen molar-refractivity contribution in [3.8, 4) is 11.1 Å². The Hall–Kier alpha value is -2.37. The molecule has 0 spiro atoms.